The van der Waals surface area contributed by atoms with Crippen LogP contribution in [-0.4, -0.2) is 29.0 Å². The summed E-state index contributed by atoms with van der Waals surface area (Å²) in [5, 5.41) is 0.999. The molecule has 0 bridgehead atoms. The Balaban J connectivity index is 2.31. The quantitative estimate of drug-likeness (QED) is 0.817. The number of hydrogen-bond donors (Lipinski definition) is 1. The van der Waals surface area contributed by atoms with Crippen LogP contribution in [0, 0.1) is 0 Å². The Labute approximate surface area is 101 Å². The first kappa shape index (κ1) is 11.5. The fourth-order valence-corrected chi connectivity index (χ4v) is 1.83. The van der Waals surface area contributed by atoms with E-state index in [1.165, 1.54) is 0 Å². The third-order valence-electron chi connectivity index (χ3n) is 3.05. The molecule has 2 aromatic rings. The van der Waals surface area contributed by atoms with Gasteiger partial charge in [0, 0.05) is 30.9 Å². The molecule has 1 amide bonds. The topological polar surface area (TPSA) is 51.3 Å². The van der Waals surface area contributed by atoms with Crippen LogP contribution in [0.3, 0.4) is 0 Å². The van der Waals surface area contributed by atoms with Gasteiger partial charge >= 0.3 is 0 Å². The zero-order valence-electron chi connectivity index (χ0n) is 10.2. The van der Waals surface area contributed by atoms with Crippen molar-refractivity contribution in [2.75, 3.05) is 19.3 Å². The van der Waals surface area contributed by atoms with Gasteiger partial charge < -0.3 is 15.2 Å². The molecular weight excluding hydrogens is 214 g/mol. The minimum absolute atomic E-state index is 0.104. The predicted octanol–water partition coefficient (Wildman–Crippen LogP) is 1.70. The van der Waals surface area contributed by atoms with Gasteiger partial charge in [-0.2, -0.15) is 0 Å². The van der Waals surface area contributed by atoms with Gasteiger partial charge in [0.15, 0.2) is 0 Å². The lowest BCUT2D eigenvalue weighted by Crippen LogP contribution is -2.29. The van der Waals surface area contributed by atoms with E-state index < -0.39 is 0 Å². The number of rotatable bonds is 3. The van der Waals surface area contributed by atoms with E-state index in [1.807, 2.05) is 49.0 Å². The Morgan fingerprint density at radius 1 is 1.41 bits per heavy atom. The molecule has 1 aromatic carbocycles. The highest BCUT2D eigenvalue weighted by Gasteiger charge is 2.10. The third kappa shape index (κ3) is 2.11. The summed E-state index contributed by atoms with van der Waals surface area (Å²) in [4.78, 5) is 13.6. The van der Waals surface area contributed by atoms with Crippen LogP contribution in [0.5, 0.6) is 0 Å². The summed E-state index contributed by atoms with van der Waals surface area (Å²) in [5.41, 5.74) is 7.63. The van der Waals surface area contributed by atoms with E-state index in [-0.39, 0.29) is 5.91 Å². The van der Waals surface area contributed by atoms with Crippen molar-refractivity contribution in [3.8, 4) is 0 Å². The van der Waals surface area contributed by atoms with Gasteiger partial charge in [-0.1, -0.05) is 6.07 Å². The smallest absolute Gasteiger partial charge is 0.242 e. The van der Waals surface area contributed by atoms with E-state index in [9.17, 15) is 4.79 Å². The molecule has 1 heterocycles. The van der Waals surface area contributed by atoms with Crippen LogP contribution in [0.2, 0.25) is 0 Å². The molecule has 2 N–H and O–H groups in total. The van der Waals surface area contributed by atoms with Gasteiger partial charge in [0.1, 0.15) is 6.54 Å². The average molecular weight is 231 g/mol. The first-order chi connectivity index (χ1) is 8.13. The van der Waals surface area contributed by atoms with Crippen molar-refractivity contribution in [3.05, 3.63) is 30.5 Å². The van der Waals surface area contributed by atoms with Gasteiger partial charge in [0.2, 0.25) is 5.91 Å². The summed E-state index contributed by atoms with van der Waals surface area (Å²) < 4.78 is 1.93. The Hall–Kier alpha value is -1.97. The SMILES string of the molecule is CCN(C)C(=O)Cn1ccc2c(N)cccc21. The summed E-state index contributed by atoms with van der Waals surface area (Å²) in [5.74, 6) is 0.104. The Bertz CT molecular complexity index is 545. The number of benzene rings is 1. The molecule has 0 aliphatic heterocycles. The molecular formula is C13H17N3O. The molecule has 0 aliphatic carbocycles. The van der Waals surface area contributed by atoms with Crippen LogP contribution in [0.25, 0.3) is 10.9 Å². The third-order valence-corrected chi connectivity index (χ3v) is 3.05. The van der Waals surface area contributed by atoms with E-state index in [4.69, 9.17) is 5.73 Å². The summed E-state index contributed by atoms with van der Waals surface area (Å²) in [7, 11) is 1.81. The molecule has 0 spiro atoms. The molecule has 4 heteroatoms. The molecule has 90 valence electrons. The zero-order valence-corrected chi connectivity index (χ0v) is 10.2. The maximum absolute atomic E-state index is 11.8. The largest absolute Gasteiger partial charge is 0.398 e. The standard InChI is InChI=1S/C13H17N3O/c1-3-15(2)13(17)9-16-8-7-10-11(14)5-4-6-12(10)16/h4-8H,3,9,14H2,1-2H3. The van der Waals surface area contributed by atoms with Crippen molar-refractivity contribution in [2.45, 2.75) is 13.5 Å². The van der Waals surface area contributed by atoms with Gasteiger partial charge in [0.05, 0.1) is 5.52 Å². The number of anilines is 1. The number of likely N-dealkylation sites (N-methyl/N-ethyl adjacent to an activating group) is 1. The van der Waals surface area contributed by atoms with Crippen molar-refractivity contribution in [2.24, 2.45) is 0 Å². The zero-order chi connectivity index (χ0) is 12.4. The normalized spacial score (nSPS) is 10.7. The second-order valence-electron chi connectivity index (χ2n) is 4.13. The highest BCUT2D eigenvalue weighted by molar-refractivity contribution is 5.92. The molecule has 4 nitrogen and oxygen atoms in total. The fraction of sp³-hybridized carbons (Fsp3) is 0.308. The first-order valence-corrected chi connectivity index (χ1v) is 5.70. The van der Waals surface area contributed by atoms with Crippen molar-refractivity contribution >= 4 is 22.5 Å². The highest BCUT2D eigenvalue weighted by atomic mass is 16.2. The van der Waals surface area contributed by atoms with Gasteiger partial charge in [-0.15, -0.1) is 0 Å². The van der Waals surface area contributed by atoms with Crippen molar-refractivity contribution in [3.63, 3.8) is 0 Å². The molecule has 0 radical (unpaired) electrons. The lowest BCUT2D eigenvalue weighted by molar-refractivity contribution is -0.130. The number of nitrogen functional groups attached to an aromatic ring is 1. The number of fused-ring (bicyclic) bond motifs is 1. The maximum atomic E-state index is 11.8. The molecule has 1 aromatic heterocycles. The van der Waals surface area contributed by atoms with E-state index in [2.05, 4.69) is 0 Å². The van der Waals surface area contributed by atoms with Gasteiger partial charge in [-0.05, 0) is 25.1 Å². The number of hydrogen-bond acceptors (Lipinski definition) is 2. The molecule has 0 fully saturated rings. The Kier molecular flexibility index (Phi) is 3.04. The monoisotopic (exact) mass is 231 g/mol. The molecule has 17 heavy (non-hydrogen) atoms. The van der Waals surface area contributed by atoms with Crippen molar-refractivity contribution in [1.29, 1.82) is 0 Å². The summed E-state index contributed by atoms with van der Waals surface area (Å²) in [6.07, 6.45) is 1.91. The summed E-state index contributed by atoms with van der Waals surface area (Å²) in [6, 6.07) is 7.70. The number of nitrogens with two attached hydrogens (primary N) is 1. The van der Waals surface area contributed by atoms with Gasteiger partial charge in [-0.3, -0.25) is 4.79 Å². The second kappa shape index (κ2) is 4.49. The van der Waals surface area contributed by atoms with E-state index >= 15 is 0 Å². The van der Waals surface area contributed by atoms with Gasteiger partial charge in [0.25, 0.3) is 0 Å². The van der Waals surface area contributed by atoms with Crippen LogP contribution in [0.1, 0.15) is 6.92 Å². The maximum Gasteiger partial charge on any atom is 0.242 e. The van der Waals surface area contributed by atoms with E-state index in [0.717, 1.165) is 23.1 Å². The van der Waals surface area contributed by atoms with Crippen molar-refractivity contribution in [1.82, 2.24) is 9.47 Å². The van der Waals surface area contributed by atoms with Crippen LogP contribution in [-0.2, 0) is 11.3 Å². The van der Waals surface area contributed by atoms with Crippen LogP contribution < -0.4 is 5.73 Å². The van der Waals surface area contributed by atoms with E-state index in [1.54, 1.807) is 4.90 Å². The van der Waals surface area contributed by atoms with Crippen LogP contribution in [0.15, 0.2) is 30.5 Å². The van der Waals surface area contributed by atoms with E-state index in [0.29, 0.717) is 6.54 Å². The first-order valence-electron chi connectivity index (χ1n) is 5.70. The molecule has 0 unspecified atom stereocenters. The molecule has 0 saturated heterocycles. The molecule has 2 rings (SSSR count). The minimum Gasteiger partial charge on any atom is -0.398 e. The number of carbonyl (C=O) groups excluding carboxylic acids is 1. The highest BCUT2D eigenvalue weighted by Crippen LogP contribution is 2.21. The molecule has 0 aliphatic rings. The molecule has 0 atom stereocenters. The predicted molar refractivity (Wildman–Crippen MR) is 69.7 cm³/mol. The van der Waals surface area contributed by atoms with Gasteiger partial charge in [-0.25, -0.2) is 0 Å². The van der Waals surface area contributed by atoms with Crippen LogP contribution in [0.4, 0.5) is 5.69 Å². The molecule has 0 saturated carbocycles. The number of carbonyl (C=O) groups is 1. The fourth-order valence-electron chi connectivity index (χ4n) is 1.83. The second-order valence-corrected chi connectivity index (χ2v) is 4.13. The lowest BCUT2D eigenvalue weighted by Gasteiger charge is -2.15. The summed E-state index contributed by atoms with van der Waals surface area (Å²) in [6.45, 7) is 3.04. The average Bonchev–Trinajstić information content (AvgIpc) is 2.73. The number of nitrogens with zero attached hydrogens (tertiary/aromatic N) is 2. The number of aromatic nitrogens is 1. The van der Waals surface area contributed by atoms with Crippen molar-refractivity contribution < 1.29 is 4.79 Å². The number of amides is 1. The minimum atomic E-state index is 0.104. The Morgan fingerprint density at radius 3 is 2.88 bits per heavy atom. The Morgan fingerprint density at radius 2 is 2.18 bits per heavy atom. The van der Waals surface area contributed by atoms with Crippen LogP contribution >= 0.6 is 0 Å². The summed E-state index contributed by atoms with van der Waals surface area (Å²) >= 11 is 0. The lowest BCUT2D eigenvalue weighted by atomic mass is 10.2.